The van der Waals surface area contributed by atoms with Gasteiger partial charge in [-0.2, -0.15) is 0 Å². The van der Waals surface area contributed by atoms with E-state index in [1.807, 2.05) is 75.4 Å². The first-order chi connectivity index (χ1) is 13.4. The van der Waals surface area contributed by atoms with E-state index in [2.05, 4.69) is 16.0 Å². The number of benzene rings is 3. The number of amides is 3. The van der Waals surface area contributed by atoms with E-state index < -0.39 is 0 Å². The highest BCUT2D eigenvalue weighted by Crippen LogP contribution is 2.22. The van der Waals surface area contributed by atoms with E-state index in [1.165, 1.54) is 0 Å². The summed E-state index contributed by atoms with van der Waals surface area (Å²) in [5.74, 6) is -0.171. The number of nitrogens with one attached hydrogen (secondary N) is 3. The number of carbonyl (C=O) groups excluding carboxylic acids is 2. The van der Waals surface area contributed by atoms with Crippen molar-refractivity contribution in [3.8, 4) is 0 Å². The Labute approximate surface area is 164 Å². The average molecular weight is 373 g/mol. The summed E-state index contributed by atoms with van der Waals surface area (Å²) in [6.45, 7) is 5.77. The van der Waals surface area contributed by atoms with Crippen LogP contribution >= 0.6 is 0 Å². The topological polar surface area (TPSA) is 70.2 Å². The fraction of sp³-hybridized carbons (Fsp3) is 0.130. The van der Waals surface area contributed by atoms with Crippen molar-refractivity contribution in [3.05, 3.63) is 89.0 Å². The van der Waals surface area contributed by atoms with Crippen LogP contribution in [0.15, 0.2) is 66.7 Å². The summed E-state index contributed by atoms with van der Waals surface area (Å²) in [6, 6.07) is 20.1. The predicted molar refractivity (Wildman–Crippen MR) is 114 cm³/mol. The molecular formula is C23H23N3O2. The SMILES string of the molecule is Cc1ccc(C)c(C(=O)Nc2cc(NC(=O)Nc3ccccc3)ccc2C)c1. The van der Waals surface area contributed by atoms with Gasteiger partial charge < -0.3 is 16.0 Å². The molecule has 142 valence electrons. The number of aryl methyl sites for hydroxylation is 3. The molecule has 0 aliphatic heterocycles. The van der Waals surface area contributed by atoms with E-state index >= 15 is 0 Å². The third-order valence-corrected chi connectivity index (χ3v) is 4.41. The second-order valence-electron chi connectivity index (χ2n) is 6.75. The van der Waals surface area contributed by atoms with Crippen molar-refractivity contribution in [1.29, 1.82) is 0 Å². The highest BCUT2D eigenvalue weighted by molar-refractivity contribution is 6.06. The molecule has 0 saturated heterocycles. The second kappa shape index (κ2) is 8.39. The zero-order valence-electron chi connectivity index (χ0n) is 16.2. The minimum Gasteiger partial charge on any atom is -0.322 e. The van der Waals surface area contributed by atoms with Crippen LogP contribution in [0.25, 0.3) is 0 Å². The van der Waals surface area contributed by atoms with Crippen LogP contribution in [0.3, 0.4) is 0 Å². The van der Waals surface area contributed by atoms with E-state index in [9.17, 15) is 9.59 Å². The number of anilines is 3. The van der Waals surface area contributed by atoms with E-state index in [0.717, 1.165) is 16.7 Å². The Morgan fingerprint density at radius 3 is 2.11 bits per heavy atom. The summed E-state index contributed by atoms with van der Waals surface area (Å²) in [5, 5.41) is 8.50. The molecule has 0 atom stereocenters. The Morgan fingerprint density at radius 1 is 0.679 bits per heavy atom. The summed E-state index contributed by atoms with van der Waals surface area (Å²) in [5.41, 5.74) is 5.44. The number of hydrogen-bond donors (Lipinski definition) is 3. The molecular weight excluding hydrogens is 350 g/mol. The molecule has 3 amide bonds. The van der Waals surface area contributed by atoms with Gasteiger partial charge in [-0.05, 0) is 62.2 Å². The van der Waals surface area contributed by atoms with Gasteiger partial charge >= 0.3 is 6.03 Å². The van der Waals surface area contributed by atoms with E-state index in [1.54, 1.807) is 12.1 Å². The molecule has 0 aromatic heterocycles. The molecule has 3 N–H and O–H groups in total. The van der Waals surface area contributed by atoms with Gasteiger partial charge in [-0.15, -0.1) is 0 Å². The maximum atomic E-state index is 12.7. The van der Waals surface area contributed by atoms with Gasteiger partial charge in [0.1, 0.15) is 0 Å². The summed E-state index contributed by atoms with van der Waals surface area (Å²) < 4.78 is 0. The van der Waals surface area contributed by atoms with Crippen LogP contribution in [0.1, 0.15) is 27.0 Å². The van der Waals surface area contributed by atoms with Crippen molar-refractivity contribution in [1.82, 2.24) is 0 Å². The van der Waals surface area contributed by atoms with Crippen LogP contribution in [0.2, 0.25) is 0 Å². The minimum atomic E-state index is -0.346. The molecule has 0 radical (unpaired) electrons. The van der Waals surface area contributed by atoms with Gasteiger partial charge in [0, 0.05) is 22.6 Å². The summed E-state index contributed by atoms with van der Waals surface area (Å²) in [7, 11) is 0. The number of rotatable bonds is 4. The third-order valence-electron chi connectivity index (χ3n) is 4.41. The van der Waals surface area contributed by atoms with Crippen LogP contribution < -0.4 is 16.0 Å². The van der Waals surface area contributed by atoms with Gasteiger partial charge in [-0.25, -0.2) is 4.79 Å². The molecule has 28 heavy (non-hydrogen) atoms. The Balaban J connectivity index is 1.73. The number of urea groups is 1. The monoisotopic (exact) mass is 373 g/mol. The van der Waals surface area contributed by atoms with Crippen molar-refractivity contribution >= 4 is 29.0 Å². The standard InChI is InChI=1S/C23H23N3O2/c1-15-9-10-16(2)20(13-15)22(27)26-21-14-19(12-11-17(21)3)25-23(28)24-18-7-5-4-6-8-18/h4-14H,1-3H3,(H,26,27)(H2,24,25,28). The smallest absolute Gasteiger partial charge is 0.322 e. The van der Waals surface area contributed by atoms with E-state index in [-0.39, 0.29) is 11.9 Å². The molecule has 3 rings (SSSR count). The fourth-order valence-electron chi connectivity index (χ4n) is 2.82. The fourth-order valence-corrected chi connectivity index (χ4v) is 2.82. The summed E-state index contributed by atoms with van der Waals surface area (Å²) in [6.07, 6.45) is 0. The molecule has 0 spiro atoms. The largest absolute Gasteiger partial charge is 0.323 e. The molecule has 0 unspecified atom stereocenters. The van der Waals surface area contributed by atoms with Crippen molar-refractivity contribution in [2.75, 3.05) is 16.0 Å². The molecule has 5 nitrogen and oxygen atoms in total. The second-order valence-corrected chi connectivity index (χ2v) is 6.75. The molecule has 5 heteroatoms. The lowest BCUT2D eigenvalue weighted by Crippen LogP contribution is -2.20. The van der Waals surface area contributed by atoms with Crippen LogP contribution in [0.4, 0.5) is 21.9 Å². The summed E-state index contributed by atoms with van der Waals surface area (Å²) in [4.78, 5) is 24.9. The lowest BCUT2D eigenvalue weighted by atomic mass is 10.0. The average Bonchev–Trinajstić information content (AvgIpc) is 2.67. The van der Waals surface area contributed by atoms with E-state index in [0.29, 0.717) is 22.6 Å². The normalized spacial score (nSPS) is 10.2. The maximum Gasteiger partial charge on any atom is 0.323 e. The van der Waals surface area contributed by atoms with Crippen LogP contribution in [0, 0.1) is 20.8 Å². The number of carbonyl (C=O) groups is 2. The Bertz CT molecular complexity index is 1010. The van der Waals surface area contributed by atoms with Crippen LogP contribution in [-0.2, 0) is 0 Å². The van der Waals surface area contributed by atoms with Gasteiger partial charge in [0.2, 0.25) is 0 Å². The highest BCUT2D eigenvalue weighted by atomic mass is 16.2. The van der Waals surface area contributed by atoms with Gasteiger partial charge in [-0.3, -0.25) is 4.79 Å². The first-order valence-corrected chi connectivity index (χ1v) is 9.04. The maximum absolute atomic E-state index is 12.7. The Kier molecular flexibility index (Phi) is 5.75. The lowest BCUT2D eigenvalue weighted by molar-refractivity contribution is 0.102. The van der Waals surface area contributed by atoms with Crippen LogP contribution in [0.5, 0.6) is 0 Å². The molecule has 0 bridgehead atoms. The zero-order chi connectivity index (χ0) is 20.1. The van der Waals surface area contributed by atoms with Gasteiger partial charge in [0.15, 0.2) is 0 Å². The Morgan fingerprint density at radius 2 is 1.36 bits per heavy atom. The van der Waals surface area contributed by atoms with E-state index in [4.69, 9.17) is 0 Å². The first-order valence-electron chi connectivity index (χ1n) is 9.04. The van der Waals surface area contributed by atoms with Gasteiger partial charge in [0.25, 0.3) is 5.91 Å². The van der Waals surface area contributed by atoms with Gasteiger partial charge in [-0.1, -0.05) is 42.0 Å². The van der Waals surface area contributed by atoms with Gasteiger partial charge in [0.05, 0.1) is 0 Å². The highest BCUT2D eigenvalue weighted by Gasteiger charge is 2.12. The summed E-state index contributed by atoms with van der Waals surface area (Å²) >= 11 is 0. The molecule has 3 aromatic rings. The number of para-hydroxylation sites is 1. The molecule has 3 aromatic carbocycles. The molecule has 0 saturated carbocycles. The Hall–Kier alpha value is -3.60. The van der Waals surface area contributed by atoms with Crippen LogP contribution in [-0.4, -0.2) is 11.9 Å². The molecule has 0 heterocycles. The van der Waals surface area contributed by atoms with Crippen molar-refractivity contribution < 1.29 is 9.59 Å². The predicted octanol–water partition coefficient (Wildman–Crippen LogP) is 5.51. The van der Waals surface area contributed by atoms with Crippen molar-refractivity contribution in [2.24, 2.45) is 0 Å². The van der Waals surface area contributed by atoms with Crippen molar-refractivity contribution in [3.63, 3.8) is 0 Å². The zero-order valence-corrected chi connectivity index (χ0v) is 16.2. The molecule has 0 aliphatic rings. The quantitative estimate of drug-likeness (QED) is 0.564. The first kappa shape index (κ1) is 19.2. The molecule has 0 fully saturated rings. The number of hydrogen-bond acceptors (Lipinski definition) is 2. The third kappa shape index (κ3) is 4.76. The minimum absolute atomic E-state index is 0.171. The van der Waals surface area contributed by atoms with Crippen molar-refractivity contribution in [2.45, 2.75) is 20.8 Å². The lowest BCUT2D eigenvalue weighted by Gasteiger charge is -2.13. The molecule has 0 aliphatic carbocycles.